The van der Waals surface area contributed by atoms with E-state index in [0.29, 0.717) is 11.6 Å². The van der Waals surface area contributed by atoms with Crippen LogP contribution in [0.5, 0.6) is 0 Å². The van der Waals surface area contributed by atoms with Crippen molar-refractivity contribution >= 4 is 17.3 Å². The summed E-state index contributed by atoms with van der Waals surface area (Å²) in [6.07, 6.45) is 6.27. The van der Waals surface area contributed by atoms with Gasteiger partial charge in [-0.25, -0.2) is 4.98 Å². The number of hydrogen-bond donors (Lipinski definition) is 1. The van der Waals surface area contributed by atoms with Gasteiger partial charge in [-0.3, -0.25) is 4.79 Å². The van der Waals surface area contributed by atoms with Crippen LogP contribution in [0.2, 0.25) is 0 Å². The van der Waals surface area contributed by atoms with E-state index in [9.17, 15) is 9.90 Å². The molecule has 0 spiro atoms. The van der Waals surface area contributed by atoms with Crippen molar-refractivity contribution in [1.82, 2.24) is 4.98 Å². The number of aromatic nitrogens is 1. The Balaban J connectivity index is 2.08. The van der Waals surface area contributed by atoms with Crippen LogP contribution in [0.4, 0.5) is 0 Å². The summed E-state index contributed by atoms with van der Waals surface area (Å²) in [7, 11) is 0. The summed E-state index contributed by atoms with van der Waals surface area (Å²) >= 11 is 1.63. The third kappa shape index (κ3) is 2.99. The van der Waals surface area contributed by atoms with Gasteiger partial charge in [-0.05, 0) is 45.4 Å². The van der Waals surface area contributed by atoms with E-state index in [1.807, 2.05) is 5.38 Å². The molecule has 0 radical (unpaired) electrons. The molecule has 19 heavy (non-hydrogen) atoms. The molecule has 1 aromatic heterocycles. The first-order chi connectivity index (χ1) is 8.95. The van der Waals surface area contributed by atoms with Crippen molar-refractivity contribution in [2.24, 2.45) is 5.92 Å². The SMILES string of the molecule is CCC1CCC(c2nc(C(C)(C)C(=O)O)cs2)CC1. The smallest absolute Gasteiger partial charge is 0.315 e. The standard InChI is InChI=1S/C15H23NO2S/c1-4-10-5-7-11(8-6-10)13-16-12(9-19-13)15(2,3)14(17)18/h9-11H,4-8H2,1-3H3,(H,17,18). The molecule has 2 rings (SSSR count). The topological polar surface area (TPSA) is 50.2 Å². The number of rotatable bonds is 4. The number of carbonyl (C=O) groups is 1. The highest BCUT2D eigenvalue weighted by molar-refractivity contribution is 7.09. The fourth-order valence-corrected chi connectivity index (χ4v) is 3.85. The van der Waals surface area contributed by atoms with E-state index in [2.05, 4.69) is 11.9 Å². The maximum Gasteiger partial charge on any atom is 0.315 e. The molecule has 0 aromatic carbocycles. The highest BCUT2D eigenvalue weighted by Gasteiger charge is 2.33. The Morgan fingerprint density at radius 1 is 1.42 bits per heavy atom. The molecule has 0 bridgehead atoms. The van der Waals surface area contributed by atoms with Gasteiger partial charge in [0, 0.05) is 11.3 Å². The second-order valence-electron chi connectivity index (χ2n) is 6.13. The van der Waals surface area contributed by atoms with Gasteiger partial charge in [-0.1, -0.05) is 13.3 Å². The summed E-state index contributed by atoms with van der Waals surface area (Å²) in [6.45, 7) is 5.71. The fourth-order valence-electron chi connectivity index (χ4n) is 2.69. The highest BCUT2D eigenvalue weighted by Crippen LogP contribution is 2.39. The number of carboxylic acids is 1. The number of aliphatic carboxylic acids is 1. The lowest BCUT2D eigenvalue weighted by molar-refractivity contribution is -0.142. The molecule has 106 valence electrons. The van der Waals surface area contributed by atoms with Crippen molar-refractivity contribution in [2.45, 2.75) is 64.2 Å². The zero-order chi connectivity index (χ0) is 14.0. The van der Waals surface area contributed by atoms with E-state index in [1.165, 1.54) is 32.1 Å². The monoisotopic (exact) mass is 281 g/mol. The molecule has 1 aromatic rings. The van der Waals surface area contributed by atoms with Crippen LogP contribution < -0.4 is 0 Å². The van der Waals surface area contributed by atoms with Crippen LogP contribution in [-0.4, -0.2) is 16.1 Å². The third-order valence-corrected chi connectivity index (χ3v) is 5.48. The minimum absolute atomic E-state index is 0.547. The molecule has 1 heterocycles. The molecule has 0 amide bonds. The van der Waals surface area contributed by atoms with Gasteiger partial charge in [0.1, 0.15) is 5.41 Å². The molecular weight excluding hydrogens is 258 g/mol. The van der Waals surface area contributed by atoms with Gasteiger partial charge in [-0.2, -0.15) is 0 Å². The van der Waals surface area contributed by atoms with Crippen LogP contribution in [-0.2, 0) is 10.2 Å². The third-order valence-electron chi connectivity index (χ3n) is 4.47. The molecular formula is C15H23NO2S. The highest BCUT2D eigenvalue weighted by atomic mass is 32.1. The van der Waals surface area contributed by atoms with Gasteiger partial charge in [-0.15, -0.1) is 11.3 Å². The summed E-state index contributed by atoms with van der Waals surface area (Å²) in [5.74, 6) is 0.622. The Morgan fingerprint density at radius 2 is 2.05 bits per heavy atom. The van der Waals surface area contributed by atoms with Gasteiger partial charge in [0.15, 0.2) is 0 Å². The summed E-state index contributed by atoms with van der Waals surface area (Å²) in [5.41, 5.74) is -0.173. The molecule has 1 saturated carbocycles. The minimum Gasteiger partial charge on any atom is -0.481 e. The lowest BCUT2D eigenvalue weighted by Gasteiger charge is -2.26. The van der Waals surface area contributed by atoms with Crippen molar-refractivity contribution in [2.75, 3.05) is 0 Å². The van der Waals surface area contributed by atoms with Crippen LogP contribution in [0.15, 0.2) is 5.38 Å². The van der Waals surface area contributed by atoms with E-state index >= 15 is 0 Å². The first kappa shape index (κ1) is 14.5. The largest absolute Gasteiger partial charge is 0.481 e. The number of nitrogens with zero attached hydrogens (tertiary/aromatic N) is 1. The number of carboxylic acid groups (broad SMARTS) is 1. The molecule has 0 atom stereocenters. The van der Waals surface area contributed by atoms with E-state index < -0.39 is 11.4 Å². The number of hydrogen-bond acceptors (Lipinski definition) is 3. The maximum atomic E-state index is 11.3. The van der Waals surface area contributed by atoms with Crippen LogP contribution in [0.1, 0.15) is 69.5 Å². The van der Waals surface area contributed by atoms with E-state index in [0.717, 1.165) is 10.9 Å². The predicted molar refractivity (Wildman–Crippen MR) is 77.8 cm³/mol. The summed E-state index contributed by atoms with van der Waals surface area (Å²) in [5, 5.41) is 12.3. The zero-order valence-corrected chi connectivity index (χ0v) is 12.8. The fraction of sp³-hybridized carbons (Fsp3) is 0.733. The van der Waals surface area contributed by atoms with Crippen LogP contribution in [0.3, 0.4) is 0 Å². The first-order valence-electron chi connectivity index (χ1n) is 7.14. The normalized spacial score (nSPS) is 24.4. The van der Waals surface area contributed by atoms with Gasteiger partial charge in [0.05, 0.1) is 10.7 Å². The molecule has 1 aliphatic rings. The number of thiazole rings is 1. The van der Waals surface area contributed by atoms with Crippen LogP contribution in [0, 0.1) is 5.92 Å². The molecule has 1 fully saturated rings. The predicted octanol–water partition coefficient (Wildman–Crippen LogP) is 4.19. The molecule has 1 N–H and O–H groups in total. The average molecular weight is 281 g/mol. The van der Waals surface area contributed by atoms with Crippen molar-refractivity contribution in [3.05, 3.63) is 16.1 Å². The van der Waals surface area contributed by atoms with Crippen LogP contribution >= 0.6 is 11.3 Å². The second-order valence-corrected chi connectivity index (χ2v) is 7.02. The molecule has 1 aliphatic carbocycles. The zero-order valence-electron chi connectivity index (χ0n) is 12.0. The van der Waals surface area contributed by atoms with Crippen molar-refractivity contribution in [3.8, 4) is 0 Å². The Bertz CT molecular complexity index is 445. The van der Waals surface area contributed by atoms with E-state index in [1.54, 1.807) is 25.2 Å². The molecule has 0 aliphatic heterocycles. The lowest BCUT2D eigenvalue weighted by Crippen LogP contribution is -2.29. The molecule has 4 heteroatoms. The van der Waals surface area contributed by atoms with Crippen molar-refractivity contribution < 1.29 is 9.90 Å². The minimum atomic E-state index is -0.880. The van der Waals surface area contributed by atoms with Gasteiger partial charge in [0.25, 0.3) is 0 Å². The van der Waals surface area contributed by atoms with Gasteiger partial charge in [0.2, 0.25) is 0 Å². The van der Waals surface area contributed by atoms with Gasteiger partial charge < -0.3 is 5.11 Å². The van der Waals surface area contributed by atoms with E-state index in [4.69, 9.17) is 0 Å². The molecule has 0 saturated heterocycles. The Kier molecular flexibility index (Phi) is 4.29. The van der Waals surface area contributed by atoms with Gasteiger partial charge >= 0.3 is 5.97 Å². The maximum absolute atomic E-state index is 11.3. The average Bonchev–Trinajstić information content (AvgIpc) is 2.89. The molecule has 3 nitrogen and oxygen atoms in total. The lowest BCUT2D eigenvalue weighted by atomic mass is 9.81. The summed E-state index contributed by atoms with van der Waals surface area (Å²) < 4.78 is 0. The first-order valence-corrected chi connectivity index (χ1v) is 8.02. The van der Waals surface area contributed by atoms with E-state index in [-0.39, 0.29) is 0 Å². The Hall–Kier alpha value is -0.900. The Morgan fingerprint density at radius 3 is 2.58 bits per heavy atom. The summed E-state index contributed by atoms with van der Waals surface area (Å²) in [6, 6.07) is 0. The molecule has 0 unspecified atom stereocenters. The second kappa shape index (κ2) is 5.61. The Labute approximate surface area is 119 Å². The van der Waals surface area contributed by atoms with Crippen LogP contribution in [0.25, 0.3) is 0 Å². The quantitative estimate of drug-likeness (QED) is 0.900. The van der Waals surface area contributed by atoms with Crippen molar-refractivity contribution in [3.63, 3.8) is 0 Å². The van der Waals surface area contributed by atoms with Crippen molar-refractivity contribution in [1.29, 1.82) is 0 Å². The summed E-state index contributed by atoms with van der Waals surface area (Å²) in [4.78, 5) is 15.9.